The van der Waals surface area contributed by atoms with E-state index in [9.17, 15) is 0 Å². The van der Waals surface area contributed by atoms with Gasteiger partial charge in [0.25, 0.3) is 0 Å². The Hall–Kier alpha value is -1.98. The largest absolute Gasteiger partial charge is 0.192 e. The highest BCUT2D eigenvalue weighted by Gasteiger charge is 2.02. The van der Waals surface area contributed by atoms with Crippen LogP contribution in [-0.4, -0.2) is 0 Å². The van der Waals surface area contributed by atoms with Gasteiger partial charge in [0.15, 0.2) is 0 Å². The molecule has 1 aromatic rings. The summed E-state index contributed by atoms with van der Waals surface area (Å²) in [7, 11) is 0. The maximum atomic E-state index is 8.62. The summed E-state index contributed by atoms with van der Waals surface area (Å²) in [5.74, 6) is 0. The Morgan fingerprint density at radius 1 is 1.62 bits per heavy atom. The topological polar surface area (TPSA) is 72.6 Å². The van der Waals surface area contributed by atoms with Crippen LogP contribution in [0.1, 0.15) is 24.1 Å². The van der Waals surface area contributed by atoms with E-state index in [0.717, 1.165) is 5.56 Å². The molecule has 0 aromatic heterocycles. The standard InChI is InChI=1S/C9H8N4/c1-7(12-13-11)9-4-2-3-8(5-9)6-10/h2-5,7H,1H3. The average Bonchev–Trinajstić information content (AvgIpc) is 2.18. The van der Waals surface area contributed by atoms with Crippen LogP contribution in [0, 0.1) is 11.3 Å². The Balaban J connectivity index is 3.02. The molecule has 4 heteroatoms. The van der Waals surface area contributed by atoms with Crippen molar-refractivity contribution >= 4 is 0 Å². The summed E-state index contributed by atoms with van der Waals surface area (Å²) in [6.45, 7) is 1.79. The second-order valence-electron chi connectivity index (χ2n) is 2.62. The normalized spacial score (nSPS) is 11.1. The molecule has 0 aliphatic heterocycles. The molecule has 1 aromatic carbocycles. The Labute approximate surface area is 76.1 Å². The van der Waals surface area contributed by atoms with Gasteiger partial charge < -0.3 is 0 Å². The first-order valence-corrected chi connectivity index (χ1v) is 3.82. The van der Waals surface area contributed by atoms with Gasteiger partial charge in [-0.05, 0) is 23.2 Å². The Bertz CT molecular complexity index is 385. The predicted molar refractivity (Wildman–Crippen MR) is 48.7 cm³/mol. The Kier molecular flexibility index (Phi) is 2.91. The van der Waals surface area contributed by atoms with Crippen molar-refractivity contribution in [2.75, 3.05) is 0 Å². The van der Waals surface area contributed by atoms with Gasteiger partial charge in [-0.3, -0.25) is 0 Å². The van der Waals surface area contributed by atoms with Gasteiger partial charge in [0, 0.05) is 4.91 Å². The van der Waals surface area contributed by atoms with Gasteiger partial charge in [-0.25, -0.2) is 0 Å². The number of hydrogen-bond donors (Lipinski definition) is 0. The van der Waals surface area contributed by atoms with Crippen LogP contribution < -0.4 is 0 Å². The highest BCUT2D eigenvalue weighted by atomic mass is 15.1. The molecule has 0 bridgehead atoms. The average molecular weight is 172 g/mol. The van der Waals surface area contributed by atoms with Crippen LogP contribution in [0.25, 0.3) is 10.4 Å². The van der Waals surface area contributed by atoms with E-state index in [1.54, 1.807) is 25.1 Å². The Morgan fingerprint density at radius 3 is 3.00 bits per heavy atom. The fourth-order valence-electron chi connectivity index (χ4n) is 1.01. The summed E-state index contributed by atoms with van der Waals surface area (Å²) in [6.07, 6.45) is 0. The van der Waals surface area contributed by atoms with Gasteiger partial charge in [0.1, 0.15) is 0 Å². The molecule has 0 radical (unpaired) electrons. The summed E-state index contributed by atoms with van der Waals surface area (Å²) in [4.78, 5) is 2.71. The molecule has 64 valence electrons. The molecule has 0 amide bonds. The van der Waals surface area contributed by atoms with Crippen LogP contribution in [0.4, 0.5) is 0 Å². The summed E-state index contributed by atoms with van der Waals surface area (Å²) in [6, 6.07) is 8.85. The van der Waals surface area contributed by atoms with Crippen molar-refractivity contribution in [1.29, 1.82) is 5.26 Å². The fraction of sp³-hybridized carbons (Fsp3) is 0.222. The van der Waals surface area contributed by atoms with Gasteiger partial charge in [0.05, 0.1) is 17.7 Å². The molecule has 4 nitrogen and oxygen atoms in total. The van der Waals surface area contributed by atoms with E-state index in [4.69, 9.17) is 10.8 Å². The first-order valence-electron chi connectivity index (χ1n) is 3.82. The molecule has 0 N–H and O–H groups in total. The molecule has 0 saturated carbocycles. The molecule has 0 spiro atoms. The second kappa shape index (κ2) is 4.15. The molecule has 0 aliphatic carbocycles. The van der Waals surface area contributed by atoms with E-state index >= 15 is 0 Å². The molecule has 1 unspecified atom stereocenters. The molecule has 0 aliphatic rings. The lowest BCUT2D eigenvalue weighted by Crippen LogP contribution is -1.88. The highest BCUT2D eigenvalue weighted by Crippen LogP contribution is 2.17. The third-order valence-electron chi connectivity index (χ3n) is 1.72. The number of benzene rings is 1. The van der Waals surface area contributed by atoms with Gasteiger partial charge in [-0.1, -0.05) is 24.2 Å². The minimum atomic E-state index is -0.224. The zero-order valence-corrected chi connectivity index (χ0v) is 7.18. The van der Waals surface area contributed by atoms with E-state index in [0.29, 0.717) is 5.56 Å². The van der Waals surface area contributed by atoms with E-state index in [-0.39, 0.29) is 6.04 Å². The lowest BCUT2D eigenvalue weighted by atomic mass is 10.1. The summed E-state index contributed by atoms with van der Waals surface area (Å²) in [5, 5.41) is 12.2. The van der Waals surface area contributed by atoms with Crippen LogP contribution in [0.15, 0.2) is 29.4 Å². The van der Waals surface area contributed by atoms with E-state index < -0.39 is 0 Å². The van der Waals surface area contributed by atoms with Crippen molar-refractivity contribution < 1.29 is 0 Å². The third kappa shape index (κ3) is 2.22. The smallest absolute Gasteiger partial charge is 0.0991 e. The number of rotatable bonds is 2. The molecule has 0 saturated heterocycles. The highest BCUT2D eigenvalue weighted by molar-refractivity contribution is 5.34. The Morgan fingerprint density at radius 2 is 2.38 bits per heavy atom. The van der Waals surface area contributed by atoms with Crippen molar-refractivity contribution in [2.24, 2.45) is 5.11 Å². The van der Waals surface area contributed by atoms with Crippen LogP contribution in [-0.2, 0) is 0 Å². The first-order chi connectivity index (χ1) is 6.27. The maximum absolute atomic E-state index is 8.62. The SMILES string of the molecule is CC(N=[N+]=[N-])c1cccc(C#N)c1. The third-order valence-corrected chi connectivity index (χ3v) is 1.72. The van der Waals surface area contributed by atoms with Gasteiger partial charge in [0.2, 0.25) is 0 Å². The summed E-state index contributed by atoms with van der Waals surface area (Å²) < 4.78 is 0. The quantitative estimate of drug-likeness (QED) is 0.384. The molecule has 13 heavy (non-hydrogen) atoms. The monoisotopic (exact) mass is 172 g/mol. The van der Waals surface area contributed by atoms with Gasteiger partial charge >= 0.3 is 0 Å². The van der Waals surface area contributed by atoms with Crippen LogP contribution in [0.3, 0.4) is 0 Å². The molecular formula is C9H8N4. The fourth-order valence-corrected chi connectivity index (χ4v) is 1.01. The van der Waals surface area contributed by atoms with E-state index in [2.05, 4.69) is 10.0 Å². The van der Waals surface area contributed by atoms with Crippen LogP contribution >= 0.6 is 0 Å². The van der Waals surface area contributed by atoms with Crippen molar-refractivity contribution in [3.05, 3.63) is 45.8 Å². The predicted octanol–water partition coefficient (Wildman–Crippen LogP) is 2.93. The summed E-state index contributed by atoms with van der Waals surface area (Å²) in [5.41, 5.74) is 9.66. The minimum Gasteiger partial charge on any atom is -0.192 e. The molecular weight excluding hydrogens is 164 g/mol. The van der Waals surface area contributed by atoms with Crippen molar-refractivity contribution in [2.45, 2.75) is 13.0 Å². The molecule has 0 heterocycles. The number of nitrogens with zero attached hydrogens (tertiary/aromatic N) is 4. The number of azide groups is 1. The lowest BCUT2D eigenvalue weighted by Gasteiger charge is -2.03. The maximum Gasteiger partial charge on any atom is 0.0991 e. The van der Waals surface area contributed by atoms with E-state index in [1.807, 2.05) is 12.1 Å². The lowest BCUT2D eigenvalue weighted by molar-refractivity contribution is 0.807. The second-order valence-corrected chi connectivity index (χ2v) is 2.62. The van der Waals surface area contributed by atoms with E-state index in [1.165, 1.54) is 0 Å². The molecule has 1 rings (SSSR count). The summed E-state index contributed by atoms with van der Waals surface area (Å²) >= 11 is 0. The first kappa shape index (κ1) is 9.11. The van der Waals surface area contributed by atoms with Crippen molar-refractivity contribution in [1.82, 2.24) is 0 Å². The number of hydrogen-bond acceptors (Lipinski definition) is 2. The molecule has 1 atom stereocenters. The molecule has 0 fully saturated rings. The number of nitriles is 1. The van der Waals surface area contributed by atoms with Crippen molar-refractivity contribution in [3.8, 4) is 6.07 Å². The zero-order valence-electron chi connectivity index (χ0n) is 7.18. The van der Waals surface area contributed by atoms with Crippen molar-refractivity contribution in [3.63, 3.8) is 0 Å². The van der Waals surface area contributed by atoms with Gasteiger partial charge in [-0.15, -0.1) is 0 Å². The van der Waals surface area contributed by atoms with Crippen LogP contribution in [0.2, 0.25) is 0 Å². The zero-order chi connectivity index (χ0) is 9.68. The minimum absolute atomic E-state index is 0.224. The van der Waals surface area contributed by atoms with Crippen LogP contribution in [0.5, 0.6) is 0 Å². The van der Waals surface area contributed by atoms with Gasteiger partial charge in [-0.2, -0.15) is 5.26 Å².